The Morgan fingerprint density at radius 1 is 1.70 bits per heavy atom. The first-order valence-electron chi connectivity index (χ1n) is 3.03. The van der Waals surface area contributed by atoms with Crippen molar-refractivity contribution in [2.75, 3.05) is 0 Å². The van der Waals surface area contributed by atoms with E-state index in [-0.39, 0.29) is 5.91 Å². The fourth-order valence-corrected chi connectivity index (χ4v) is 0.377. The Kier molecular flexibility index (Phi) is 3.44. The standard InChI is InChI=1S/C6H11N3O/c1-4(3-7)9-6(10)5(2)8/h4-5H,8H2,1-2H3,(H,9,10)/t4?,5-/m0/s1. The molecule has 0 saturated heterocycles. The quantitative estimate of drug-likeness (QED) is 0.537. The van der Waals surface area contributed by atoms with E-state index in [2.05, 4.69) is 5.32 Å². The van der Waals surface area contributed by atoms with Gasteiger partial charge in [0.2, 0.25) is 5.91 Å². The van der Waals surface area contributed by atoms with Crippen LogP contribution in [0.4, 0.5) is 0 Å². The molecule has 0 radical (unpaired) electrons. The number of carbonyl (C=O) groups excluding carboxylic acids is 1. The van der Waals surface area contributed by atoms with Gasteiger partial charge in [-0.1, -0.05) is 0 Å². The van der Waals surface area contributed by atoms with Crippen molar-refractivity contribution < 1.29 is 4.79 Å². The lowest BCUT2D eigenvalue weighted by Crippen LogP contribution is -2.42. The molecule has 0 fully saturated rings. The van der Waals surface area contributed by atoms with Crippen LogP contribution in [0.1, 0.15) is 13.8 Å². The summed E-state index contributed by atoms with van der Waals surface area (Å²) in [5, 5.41) is 10.7. The molecule has 0 aliphatic carbocycles. The summed E-state index contributed by atoms with van der Waals surface area (Å²) >= 11 is 0. The van der Waals surface area contributed by atoms with Crippen LogP contribution in [-0.2, 0) is 4.79 Å². The van der Waals surface area contributed by atoms with Crippen molar-refractivity contribution in [3.63, 3.8) is 0 Å². The molecule has 0 heterocycles. The topological polar surface area (TPSA) is 78.9 Å². The molecule has 3 N–H and O–H groups in total. The van der Waals surface area contributed by atoms with E-state index in [0.29, 0.717) is 0 Å². The number of rotatable bonds is 2. The van der Waals surface area contributed by atoms with Gasteiger partial charge >= 0.3 is 0 Å². The highest BCUT2D eigenvalue weighted by Crippen LogP contribution is 1.80. The maximum Gasteiger partial charge on any atom is 0.237 e. The van der Waals surface area contributed by atoms with Gasteiger partial charge in [-0.15, -0.1) is 0 Å². The Morgan fingerprint density at radius 2 is 2.20 bits per heavy atom. The lowest BCUT2D eigenvalue weighted by molar-refractivity contribution is -0.122. The normalized spacial score (nSPS) is 15.0. The molecule has 1 unspecified atom stereocenters. The molecule has 4 heteroatoms. The Balaban J connectivity index is 3.71. The van der Waals surface area contributed by atoms with E-state index in [9.17, 15) is 4.79 Å². The Bertz CT molecular complexity index is 159. The van der Waals surface area contributed by atoms with Gasteiger partial charge in [0, 0.05) is 0 Å². The molecule has 0 bridgehead atoms. The fourth-order valence-electron chi connectivity index (χ4n) is 0.377. The van der Waals surface area contributed by atoms with E-state index in [1.807, 2.05) is 6.07 Å². The predicted octanol–water partition coefficient (Wildman–Crippen LogP) is -0.638. The Hall–Kier alpha value is -1.08. The fraction of sp³-hybridized carbons (Fsp3) is 0.667. The number of nitrogens with two attached hydrogens (primary N) is 1. The van der Waals surface area contributed by atoms with Crippen molar-refractivity contribution >= 4 is 5.91 Å². The minimum Gasteiger partial charge on any atom is -0.339 e. The summed E-state index contributed by atoms with van der Waals surface area (Å²) < 4.78 is 0. The summed E-state index contributed by atoms with van der Waals surface area (Å²) in [6, 6.07) is 0.858. The highest BCUT2D eigenvalue weighted by atomic mass is 16.2. The molecule has 0 saturated carbocycles. The van der Waals surface area contributed by atoms with Crippen LogP contribution in [0.25, 0.3) is 0 Å². The molecule has 56 valence electrons. The van der Waals surface area contributed by atoms with Crippen LogP contribution in [0.3, 0.4) is 0 Å². The van der Waals surface area contributed by atoms with Gasteiger partial charge in [-0.25, -0.2) is 0 Å². The number of hydrogen-bond acceptors (Lipinski definition) is 3. The summed E-state index contributed by atoms with van der Waals surface area (Å²) in [6.45, 7) is 3.17. The lowest BCUT2D eigenvalue weighted by Gasteiger charge is -2.07. The van der Waals surface area contributed by atoms with Gasteiger partial charge in [0.05, 0.1) is 12.1 Å². The van der Waals surface area contributed by atoms with Crippen LogP contribution in [-0.4, -0.2) is 18.0 Å². The van der Waals surface area contributed by atoms with Gasteiger partial charge in [0.15, 0.2) is 0 Å². The van der Waals surface area contributed by atoms with Crippen LogP contribution in [0.2, 0.25) is 0 Å². The van der Waals surface area contributed by atoms with E-state index in [0.717, 1.165) is 0 Å². The minimum atomic E-state index is -0.546. The highest BCUT2D eigenvalue weighted by Gasteiger charge is 2.09. The van der Waals surface area contributed by atoms with Crippen molar-refractivity contribution in [2.24, 2.45) is 5.73 Å². The van der Waals surface area contributed by atoms with E-state index in [4.69, 9.17) is 11.0 Å². The zero-order valence-corrected chi connectivity index (χ0v) is 6.09. The molecule has 0 aliphatic rings. The molecule has 0 aromatic heterocycles. The Morgan fingerprint density at radius 3 is 2.50 bits per heavy atom. The highest BCUT2D eigenvalue weighted by molar-refractivity contribution is 5.81. The number of carbonyl (C=O) groups is 1. The molecule has 4 nitrogen and oxygen atoms in total. The van der Waals surface area contributed by atoms with Crippen LogP contribution in [0.15, 0.2) is 0 Å². The number of amides is 1. The summed E-state index contributed by atoms with van der Waals surface area (Å²) in [7, 11) is 0. The smallest absolute Gasteiger partial charge is 0.237 e. The molecular formula is C6H11N3O. The zero-order chi connectivity index (χ0) is 8.15. The average Bonchev–Trinajstić information content (AvgIpc) is 1.87. The molecular weight excluding hydrogens is 130 g/mol. The third kappa shape index (κ3) is 3.05. The van der Waals surface area contributed by atoms with Gasteiger partial charge in [-0.05, 0) is 13.8 Å². The summed E-state index contributed by atoms with van der Waals surface area (Å²) in [5.41, 5.74) is 5.22. The minimum absolute atomic E-state index is 0.297. The van der Waals surface area contributed by atoms with Gasteiger partial charge in [-0.3, -0.25) is 4.79 Å². The first-order valence-corrected chi connectivity index (χ1v) is 3.03. The first-order chi connectivity index (χ1) is 4.57. The van der Waals surface area contributed by atoms with E-state index in [1.165, 1.54) is 0 Å². The van der Waals surface area contributed by atoms with Gasteiger partial charge in [0.25, 0.3) is 0 Å². The van der Waals surface area contributed by atoms with Crippen LogP contribution < -0.4 is 11.1 Å². The Labute approximate surface area is 60.0 Å². The van der Waals surface area contributed by atoms with Crippen LogP contribution in [0.5, 0.6) is 0 Å². The summed E-state index contributed by atoms with van der Waals surface area (Å²) in [6.07, 6.45) is 0. The predicted molar refractivity (Wildman–Crippen MR) is 36.9 cm³/mol. The average molecular weight is 141 g/mol. The van der Waals surface area contributed by atoms with Gasteiger partial charge in [-0.2, -0.15) is 5.26 Å². The lowest BCUT2D eigenvalue weighted by atomic mass is 10.3. The SMILES string of the molecule is CC(C#N)NC(=O)[C@H](C)N. The van der Waals surface area contributed by atoms with E-state index < -0.39 is 12.1 Å². The maximum absolute atomic E-state index is 10.7. The molecule has 0 aromatic rings. The van der Waals surface area contributed by atoms with Crippen LogP contribution >= 0.6 is 0 Å². The molecule has 0 rings (SSSR count). The molecule has 0 spiro atoms. The van der Waals surface area contributed by atoms with Crippen molar-refractivity contribution in [2.45, 2.75) is 25.9 Å². The second-order valence-corrected chi connectivity index (χ2v) is 2.15. The number of hydrogen-bond donors (Lipinski definition) is 2. The molecule has 0 aliphatic heterocycles. The van der Waals surface area contributed by atoms with Gasteiger partial charge in [0.1, 0.15) is 6.04 Å². The summed E-state index contributed by atoms with van der Waals surface area (Å²) in [4.78, 5) is 10.7. The molecule has 2 atom stereocenters. The molecule has 1 amide bonds. The number of nitrogens with zero attached hydrogens (tertiary/aromatic N) is 1. The second kappa shape index (κ2) is 3.85. The van der Waals surface area contributed by atoms with E-state index in [1.54, 1.807) is 13.8 Å². The van der Waals surface area contributed by atoms with Crippen molar-refractivity contribution in [1.29, 1.82) is 5.26 Å². The van der Waals surface area contributed by atoms with Crippen molar-refractivity contribution in [3.8, 4) is 6.07 Å². The monoisotopic (exact) mass is 141 g/mol. The first kappa shape index (κ1) is 8.92. The summed E-state index contributed by atoms with van der Waals surface area (Å²) in [5.74, 6) is -0.297. The van der Waals surface area contributed by atoms with E-state index >= 15 is 0 Å². The maximum atomic E-state index is 10.7. The van der Waals surface area contributed by atoms with Gasteiger partial charge < -0.3 is 11.1 Å². The zero-order valence-electron chi connectivity index (χ0n) is 6.09. The second-order valence-electron chi connectivity index (χ2n) is 2.15. The third-order valence-corrected chi connectivity index (χ3v) is 0.966. The number of nitrogens with one attached hydrogen (secondary N) is 1. The number of nitriles is 1. The molecule has 0 aromatic carbocycles. The molecule has 10 heavy (non-hydrogen) atoms. The van der Waals surface area contributed by atoms with Crippen molar-refractivity contribution in [3.05, 3.63) is 0 Å². The van der Waals surface area contributed by atoms with Crippen LogP contribution in [0, 0.1) is 11.3 Å². The third-order valence-electron chi connectivity index (χ3n) is 0.966. The largest absolute Gasteiger partial charge is 0.339 e. The van der Waals surface area contributed by atoms with Crippen molar-refractivity contribution in [1.82, 2.24) is 5.32 Å².